The Morgan fingerprint density at radius 2 is 1.35 bits per heavy atom. The highest BCUT2D eigenvalue weighted by molar-refractivity contribution is 6.30. The van der Waals surface area contributed by atoms with Gasteiger partial charge in [0.15, 0.2) is 12.4 Å². The second kappa shape index (κ2) is 10.8. The smallest absolute Gasteiger partial charge is 0.337 e. The summed E-state index contributed by atoms with van der Waals surface area (Å²) in [5, 5.41) is 3.37. The molecule has 1 aliphatic rings. The zero-order valence-electron chi connectivity index (χ0n) is 17.7. The molecule has 0 radical (unpaired) electrons. The first-order valence-electron chi connectivity index (χ1n) is 9.69. The predicted molar refractivity (Wildman–Crippen MR) is 112 cm³/mol. The van der Waals surface area contributed by atoms with E-state index in [1.807, 2.05) is 0 Å². The summed E-state index contributed by atoms with van der Waals surface area (Å²) in [6.07, 6.45) is 0. The van der Waals surface area contributed by atoms with E-state index in [-0.39, 0.29) is 24.4 Å². The van der Waals surface area contributed by atoms with Gasteiger partial charge in [-0.05, 0) is 52.0 Å². The van der Waals surface area contributed by atoms with E-state index < -0.39 is 36.2 Å². The van der Waals surface area contributed by atoms with Gasteiger partial charge in [-0.3, -0.25) is 9.59 Å². The number of carbonyl (C=O) groups is 4. The van der Waals surface area contributed by atoms with Gasteiger partial charge in [-0.15, -0.1) is 0 Å². The number of esters is 3. The van der Waals surface area contributed by atoms with Crippen LogP contribution in [0, 0.1) is 5.92 Å². The second-order valence-electron chi connectivity index (χ2n) is 6.61. The average Bonchev–Trinajstić information content (AvgIpc) is 2.71. The van der Waals surface area contributed by atoms with Crippen molar-refractivity contribution in [2.45, 2.75) is 27.7 Å². The van der Waals surface area contributed by atoms with E-state index in [1.54, 1.807) is 39.8 Å². The molecule has 1 N–H and O–H groups in total. The highest BCUT2D eigenvalue weighted by atomic mass is 35.5. The van der Waals surface area contributed by atoms with Crippen molar-refractivity contribution in [3.63, 3.8) is 0 Å². The largest absolute Gasteiger partial charge is 0.463 e. The number of rotatable bonds is 8. The first kappa shape index (κ1) is 24.1. The second-order valence-corrected chi connectivity index (χ2v) is 7.05. The summed E-state index contributed by atoms with van der Waals surface area (Å²) in [4.78, 5) is 50.5. The number of nitrogens with one attached hydrogen (secondary N) is 1. The number of halogens is 1. The third-order valence-electron chi connectivity index (χ3n) is 4.50. The molecule has 8 nitrogen and oxygen atoms in total. The van der Waals surface area contributed by atoms with Gasteiger partial charge in [-0.1, -0.05) is 11.6 Å². The lowest BCUT2D eigenvalue weighted by atomic mass is 9.85. The Kier molecular flexibility index (Phi) is 8.38. The molecule has 0 saturated heterocycles. The number of ketones is 1. The quantitative estimate of drug-likeness (QED) is 0.366. The van der Waals surface area contributed by atoms with Crippen molar-refractivity contribution < 1.29 is 33.4 Å². The van der Waals surface area contributed by atoms with Crippen LogP contribution in [-0.2, 0) is 28.6 Å². The Morgan fingerprint density at radius 1 is 0.871 bits per heavy atom. The van der Waals surface area contributed by atoms with E-state index in [9.17, 15) is 19.2 Å². The lowest BCUT2D eigenvalue weighted by Crippen LogP contribution is -2.38. The summed E-state index contributed by atoms with van der Waals surface area (Å²) in [6.45, 7) is 5.97. The minimum atomic E-state index is -1.39. The highest BCUT2D eigenvalue weighted by Gasteiger charge is 2.42. The van der Waals surface area contributed by atoms with Crippen LogP contribution in [0.4, 0.5) is 0 Å². The lowest BCUT2D eigenvalue weighted by molar-refractivity contribution is -0.151. The summed E-state index contributed by atoms with van der Waals surface area (Å²) < 4.78 is 15.3. The van der Waals surface area contributed by atoms with Gasteiger partial charge in [-0.25, -0.2) is 9.59 Å². The molecule has 0 spiro atoms. The summed E-state index contributed by atoms with van der Waals surface area (Å²) in [5.41, 5.74) is 0.848. The monoisotopic (exact) mass is 449 g/mol. The van der Waals surface area contributed by atoms with Crippen LogP contribution in [0.5, 0.6) is 0 Å². The Hall–Kier alpha value is -3.13. The molecule has 1 aromatic carbocycles. The van der Waals surface area contributed by atoms with Gasteiger partial charge in [-0.2, -0.15) is 0 Å². The molecule has 1 aromatic rings. The Labute approximate surface area is 185 Å². The molecule has 1 aliphatic heterocycles. The maximum Gasteiger partial charge on any atom is 0.337 e. The number of hydrogen-bond acceptors (Lipinski definition) is 8. The van der Waals surface area contributed by atoms with Crippen LogP contribution < -0.4 is 5.32 Å². The van der Waals surface area contributed by atoms with Crippen LogP contribution in [0.15, 0.2) is 46.8 Å². The third kappa shape index (κ3) is 5.73. The molecule has 2 rings (SSSR count). The van der Waals surface area contributed by atoms with Crippen LogP contribution in [-0.4, -0.2) is 43.5 Å². The molecule has 0 aliphatic carbocycles. The summed E-state index contributed by atoms with van der Waals surface area (Å²) in [6, 6.07) is 6.09. The third-order valence-corrected chi connectivity index (χ3v) is 4.75. The average molecular weight is 450 g/mol. The fourth-order valence-corrected chi connectivity index (χ4v) is 3.25. The number of dihydropyridines is 1. The molecule has 0 saturated carbocycles. The zero-order chi connectivity index (χ0) is 23.1. The number of hydrogen-bond donors (Lipinski definition) is 1. The van der Waals surface area contributed by atoms with Gasteiger partial charge in [0.25, 0.3) is 0 Å². The highest BCUT2D eigenvalue weighted by Crippen LogP contribution is 2.32. The van der Waals surface area contributed by atoms with E-state index in [4.69, 9.17) is 25.8 Å². The predicted octanol–water partition coefficient (Wildman–Crippen LogP) is 2.96. The minimum absolute atomic E-state index is 0.0700. The summed E-state index contributed by atoms with van der Waals surface area (Å²) in [5.74, 6) is -4.33. The van der Waals surface area contributed by atoms with Gasteiger partial charge < -0.3 is 19.5 Å². The standard InChI is InChI=1S/C22H24ClNO7/c1-5-29-20(26)17-12(3)24-13(4)18(21(27)30-6-2)19(17)22(28)31-11-16(25)14-7-9-15(23)10-8-14/h7-10,19,24H,5-6,11H2,1-4H3. The molecule has 166 valence electrons. The van der Waals surface area contributed by atoms with Crippen molar-refractivity contribution in [2.24, 2.45) is 5.92 Å². The molecule has 0 aromatic heterocycles. The Bertz CT molecular complexity index is 907. The van der Waals surface area contributed by atoms with E-state index >= 15 is 0 Å². The molecule has 0 bridgehead atoms. The van der Waals surface area contributed by atoms with E-state index in [0.29, 0.717) is 22.0 Å². The van der Waals surface area contributed by atoms with Gasteiger partial charge in [0, 0.05) is 22.0 Å². The normalized spacial score (nSPS) is 14.1. The molecule has 0 unspecified atom stereocenters. The summed E-state index contributed by atoms with van der Waals surface area (Å²) >= 11 is 5.82. The van der Waals surface area contributed by atoms with Crippen LogP contribution >= 0.6 is 11.6 Å². The number of carbonyl (C=O) groups excluding carboxylic acids is 4. The zero-order valence-corrected chi connectivity index (χ0v) is 18.5. The van der Waals surface area contributed by atoms with E-state index in [0.717, 1.165) is 0 Å². The molecule has 0 amide bonds. The molecule has 0 fully saturated rings. The first-order valence-corrected chi connectivity index (χ1v) is 10.1. The van der Waals surface area contributed by atoms with Crippen molar-refractivity contribution in [3.8, 4) is 0 Å². The maximum atomic E-state index is 13.0. The van der Waals surface area contributed by atoms with Crippen molar-refractivity contribution >= 4 is 35.3 Å². The number of ether oxygens (including phenoxy) is 3. The van der Waals surface area contributed by atoms with Gasteiger partial charge in [0.05, 0.1) is 24.4 Å². The Balaban J connectivity index is 2.33. The van der Waals surface area contributed by atoms with Crippen molar-refractivity contribution in [2.75, 3.05) is 19.8 Å². The van der Waals surface area contributed by atoms with Crippen LogP contribution in [0.1, 0.15) is 38.1 Å². The van der Waals surface area contributed by atoms with Gasteiger partial charge in [0.2, 0.25) is 0 Å². The van der Waals surface area contributed by atoms with E-state index in [2.05, 4.69) is 5.32 Å². The molecular formula is C22H24ClNO7. The number of benzene rings is 1. The molecule has 0 atom stereocenters. The SMILES string of the molecule is CCOC(=O)C1=C(C)NC(C)=C(C(=O)OCC)C1C(=O)OCC(=O)c1ccc(Cl)cc1. The molecular weight excluding hydrogens is 426 g/mol. The van der Waals surface area contributed by atoms with Crippen molar-refractivity contribution in [1.29, 1.82) is 0 Å². The summed E-state index contributed by atoms with van der Waals surface area (Å²) in [7, 11) is 0. The first-order chi connectivity index (χ1) is 14.7. The maximum absolute atomic E-state index is 13.0. The number of Topliss-reactive ketones (excluding diaryl/α,β-unsaturated/α-hetero) is 1. The van der Waals surface area contributed by atoms with Crippen molar-refractivity contribution in [3.05, 3.63) is 57.4 Å². The van der Waals surface area contributed by atoms with Gasteiger partial charge in [0.1, 0.15) is 5.92 Å². The fraction of sp³-hybridized carbons (Fsp3) is 0.364. The molecule has 1 heterocycles. The van der Waals surface area contributed by atoms with E-state index in [1.165, 1.54) is 12.1 Å². The molecule has 9 heteroatoms. The van der Waals surface area contributed by atoms with Gasteiger partial charge >= 0.3 is 17.9 Å². The Morgan fingerprint density at radius 3 is 1.81 bits per heavy atom. The van der Waals surface area contributed by atoms with Crippen LogP contribution in [0.2, 0.25) is 5.02 Å². The molecule has 31 heavy (non-hydrogen) atoms. The minimum Gasteiger partial charge on any atom is -0.463 e. The lowest BCUT2D eigenvalue weighted by Gasteiger charge is -2.28. The van der Waals surface area contributed by atoms with Crippen LogP contribution in [0.3, 0.4) is 0 Å². The number of allylic oxidation sites excluding steroid dienone is 2. The fourth-order valence-electron chi connectivity index (χ4n) is 3.13. The van der Waals surface area contributed by atoms with Crippen molar-refractivity contribution in [1.82, 2.24) is 5.32 Å². The van der Waals surface area contributed by atoms with Crippen LogP contribution in [0.25, 0.3) is 0 Å². The topological polar surface area (TPSA) is 108 Å².